The third-order valence-corrected chi connectivity index (χ3v) is 5.20. The zero-order valence-corrected chi connectivity index (χ0v) is 19.4. The Bertz CT molecular complexity index is 1420. The summed E-state index contributed by atoms with van der Waals surface area (Å²) in [5, 5.41) is 9.42. The second kappa shape index (κ2) is 10.7. The van der Waals surface area contributed by atoms with Crippen LogP contribution in [0.15, 0.2) is 73.1 Å². The summed E-state index contributed by atoms with van der Waals surface area (Å²) in [6.45, 7) is 3.01. The fraction of sp³-hybridized carbons (Fsp3) is 0.154. The Kier molecular flexibility index (Phi) is 7.27. The van der Waals surface area contributed by atoms with E-state index in [1.54, 1.807) is 30.6 Å². The highest BCUT2D eigenvalue weighted by Crippen LogP contribution is 2.31. The molecule has 4 aromatic heterocycles. The van der Waals surface area contributed by atoms with E-state index in [1.807, 2.05) is 60.9 Å². The van der Waals surface area contributed by atoms with E-state index >= 15 is 0 Å². The number of alkyl halides is 1. The number of hydrogen-bond donors (Lipinski definition) is 2. The molecule has 5 rings (SSSR count). The number of ether oxygens (including phenoxy) is 1. The van der Waals surface area contributed by atoms with Crippen LogP contribution < -0.4 is 10.5 Å². The standard InChI is InChI=1S/C24H19FN6O2.C2H6/c25-14-33-21-10-5-16(12-28-21)19-8-9-20-24(29-19)31(17-6-3-15(13-32)4-7-17)23(30-20)18-2-1-11-27-22(18)26;1-2/h1-12,32H,13-14H2,(H2,26,27);1-2H3. The molecule has 0 atom stereocenters. The van der Waals surface area contributed by atoms with E-state index < -0.39 is 6.86 Å². The summed E-state index contributed by atoms with van der Waals surface area (Å²) in [7, 11) is 0. The fourth-order valence-electron chi connectivity index (χ4n) is 3.57. The molecule has 0 aliphatic carbocycles. The van der Waals surface area contributed by atoms with Crippen LogP contribution in [-0.4, -0.2) is 36.5 Å². The molecule has 3 N–H and O–H groups in total. The van der Waals surface area contributed by atoms with Crippen LogP contribution in [-0.2, 0) is 6.61 Å². The van der Waals surface area contributed by atoms with Crippen molar-refractivity contribution in [1.29, 1.82) is 0 Å². The molecule has 0 aliphatic rings. The van der Waals surface area contributed by atoms with Gasteiger partial charge in [0.15, 0.2) is 11.5 Å². The van der Waals surface area contributed by atoms with Crippen LogP contribution in [0, 0.1) is 0 Å². The van der Waals surface area contributed by atoms with Crippen molar-refractivity contribution in [2.75, 3.05) is 12.6 Å². The van der Waals surface area contributed by atoms with Gasteiger partial charge in [0.1, 0.15) is 11.3 Å². The molecule has 0 fully saturated rings. The number of imidazole rings is 1. The van der Waals surface area contributed by atoms with Crippen LogP contribution in [0.1, 0.15) is 19.4 Å². The molecule has 0 bridgehead atoms. The van der Waals surface area contributed by atoms with Crippen molar-refractivity contribution >= 4 is 17.0 Å². The summed E-state index contributed by atoms with van der Waals surface area (Å²) in [5.41, 5.74) is 11.1. The smallest absolute Gasteiger partial charge is 0.230 e. The van der Waals surface area contributed by atoms with Gasteiger partial charge in [-0.25, -0.2) is 24.3 Å². The number of anilines is 1. The number of rotatable bonds is 6. The predicted octanol–water partition coefficient (Wildman–Crippen LogP) is 4.95. The highest BCUT2D eigenvalue weighted by molar-refractivity contribution is 5.84. The van der Waals surface area contributed by atoms with E-state index in [-0.39, 0.29) is 12.5 Å². The molecule has 5 aromatic rings. The van der Waals surface area contributed by atoms with Gasteiger partial charge in [0.05, 0.1) is 17.9 Å². The van der Waals surface area contributed by atoms with Crippen molar-refractivity contribution < 1.29 is 14.2 Å². The van der Waals surface area contributed by atoms with Crippen molar-refractivity contribution in [1.82, 2.24) is 24.5 Å². The van der Waals surface area contributed by atoms with Crippen LogP contribution in [0.3, 0.4) is 0 Å². The second-order valence-electron chi connectivity index (χ2n) is 7.21. The van der Waals surface area contributed by atoms with Gasteiger partial charge < -0.3 is 15.6 Å². The van der Waals surface area contributed by atoms with E-state index in [2.05, 4.69) is 9.97 Å². The lowest BCUT2D eigenvalue weighted by atomic mass is 10.2. The van der Waals surface area contributed by atoms with E-state index in [4.69, 9.17) is 20.4 Å². The zero-order chi connectivity index (χ0) is 24.8. The molecule has 0 radical (unpaired) electrons. The van der Waals surface area contributed by atoms with Gasteiger partial charge in [-0.2, -0.15) is 0 Å². The monoisotopic (exact) mass is 472 g/mol. The van der Waals surface area contributed by atoms with Gasteiger partial charge in [-0.05, 0) is 48.0 Å². The number of benzene rings is 1. The third kappa shape index (κ3) is 4.80. The summed E-state index contributed by atoms with van der Waals surface area (Å²) in [4.78, 5) is 18.0. The Morgan fingerprint density at radius 2 is 1.77 bits per heavy atom. The quantitative estimate of drug-likeness (QED) is 0.359. The summed E-state index contributed by atoms with van der Waals surface area (Å²) < 4.78 is 19.1. The highest BCUT2D eigenvalue weighted by atomic mass is 19.1. The van der Waals surface area contributed by atoms with Gasteiger partial charge in [-0.3, -0.25) is 4.57 Å². The Balaban J connectivity index is 0.00000141. The maximum Gasteiger partial charge on any atom is 0.230 e. The number of aromatic nitrogens is 5. The Labute approximate surface area is 201 Å². The average molecular weight is 473 g/mol. The summed E-state index contributed by atoms with van der Waals surface area (Å²) >= 11 is 0. The van der Waals surface area contributed by atoms with Gasteiger partial charge in [-0.15, -0.1) is 0 Å². The number of halogens is 1. The van der Waals surface area contributed by atoms with E-state index in [9.17, 15) is 9.50 Å². The lowest BCUT2D eigenvalue weighted by molar-refractivity contribution is 0.185. The van der Waals surface area contributed by atoms with Crippen LogP contribution in [0.2, 0.25) is 0 Å². The number of hydrogen-bond acceptors (Lipinski definition) is 7. The normalized spacial score (nSPS) is 10.6. The van der Waals surface area contributed by atoms with Crippen molar-refractivity contribution in [2.45, 2.75) is 20.5 Å². The van der Waals surface area contributed by atoms with E-state index in [0.717, 1.165) is 16.8 Å². The lowest BCUT2D eigenvalue weighted by Gasteiger charge is -2.11. The number of aliphatic hydroxyl groups is 1. The first-order chi connectivity index (χ1) is 17.2. The number of nitrogen functional groups attached to an aromatic ring is 1. The van der Waals surface area contributed by atoms with Crippen molar-refractivity contribution in [2.24, 2.45) is 0 Å². The fourth-order valence-corrected chi connectivity index (χ4v) is 3.57. The number of nitrogens with two attached hydrogens (primary N) is 1. The van der Waals surface area contributed by atoms with Crippen molar-refractivity contribution in [3.8, 4) is 34.2 Å². The number of nitrogens with zero attached hydrogens (tertiary/aromatic N) is 5. The van der Waals surface area contributed by atoms with Crippen LogP contribution in [0.25, 0.3) is 39.5 Å². The predicted molar refractivity (Wildman–Crippen MR) is 134 cm³/mol. The zero-order valence-electron chi connectivity index (χ0n) is 19.4. The van der Waals surface area contributed by atoms with Crippen LogP contribution in [0.5, 0.6) is 5.88 Å². The number of fused-ring (bicyclic) bond motifs is 1. The topological polar surface area (TPSA) is 112 Å². The molecule has 1 aromatic carbocycles. The number of pyridine rings is 3. The van der Waals surface area contributed by atoms with Gasteiger partial charge in [-0.1, -0.05) is 26.0 Å². The molecule has 8 nitrogen and oxygen atoms in total. The highest BCUT2D eigenvalue weighted by Gasteiger charge is 2.18. The first kappa shape index (κ1) is 23.8. The van der Waals surface area contributed by atoms with Gasteiger partial charge in [0.25, 0.3) is 0 Å². The molecule has 0 spiro atoms. The van der Waals surface area contributed by atoms with Crippen LogP contribution >= 0.6 is 0 Å². The summed E-state index contributed by atoms with van der Waals surface area (Å²) in [6.07, 6.45) is 3.21. The Morgan fingerprint density at radius 1 is 0.971 bits per heavy atom. The molecule has 0 amide bonds. The summed E-state index contributed by atoms with van der Waals surface area (Å²) in [6, 6.07) is 18.2. The molecule has 0 saturated heterocycles. The lowest BCUT2D eigenvalue weighted by Crippen LogP contribution is -2.02. The minimum atomic E-state index is -0.939. The van der Waals surface area contributed by atoms with Gasteiger partial charge in [0.2, 0.25) is 12.7 Å². The maximum atomic E-state index is 12.4. The van der Waals surface area contributed by atoms with Gasteiger partial charge in [0, 0.05) is 29.7 Å². The largest absolute Gasteiger partial charge is 0.446 e. The number of aliphatic hydroxyl groups excluding tert-OH is 1. The third-order valence-electron chi connectivity index (χ3n) is 5.20. The average Bonchev–Trinajstić information content (AvgIpc) is 3.29. The maximum absolute atomic E-state index is 12.4. The molecular weight excluding hydrogens is 447 g/mol. The molecule has 4 heterocycles. The molecule has 0 saturated carbocycles. The van der Waals surface area contributed by atoms with Crippen molar-refractivity contribution in [3.63, 3.8) is 0 Å². The Morgan fingerprint density at radius 3 is 2.43 bits per heavy atom. The van der Waals surface area contributed by atoms with Crippen LogP contribution in [0.4, 0.5) is 10.2 Å². The molecule has 0 unspecified atom stereocenters. The minimum Gasteiger partial charge on any atom is -0.446 e. The van der Waals surface area contributed by atoms with Gasteiger partial charge >= 0.3 is 0 Å². The SMILES string of the molecule is CC.Nc1ncccc1-c1nc2ccc(-c3ccc(OCF)nc3)nc2n1-c1ccc(CO)cc1. The van der Waals surface area contributed by atoms with E-state index in [0.29, 0.717) is 34.1 Å². The van der Waals surface area contributed by atoms with E-state index in [1.165, 1.54) is 0 Å². The molecule has 35 heavy (non-hydrogen) atoms. The molecule has 178 valence electrons. The summed E-state index contributed by atoms with van der Waals surface area (Å²) in [5.74, 6) is 1.15. The molecular formula is C26H25FN6O2. The van der Waals surface area contributed by atoms with Crippen molar-refractivity contribution in [3.05, 3.63) is 78.6 Å². The first-order valence-electron chi connectivity index (χ1n) is 11.1. The molecule has 9 heteroatoms. The Hall–Kier alpha value is -4.37. The minimum absolute atomic E-state index is 0.0507. The molecule has 0 aliphatic heterocycles. The first-order valence-corrected chi connectivity index (χ1v) is 11.1. The second-order valence-corrected chi connectivity index (χ2v) is 7.21.